The number of nitrogens with zero attached hydrogens (tertiary/aromatic N) is 1. The van der Waals surface area contributed by atoms with Crippen molar-refractivity contribution < 1.29 is 4.42 Å². The summed E-state index contributed by atoms with van der Waals surface area (Å²) in [5, 5.41) is 3.43. The summed E-state index contributed by atoms with van der Waals surface area (Å²) >= 11 is 0. The molecule has 0 aromatic carbocycles. The predicted octanol–water partition coefficient (Wildman–Crippen LogP) is 0.784. The number of nitrogens with two attached hydrogens (primary N) is 2. The molecule has 0 saturated heterocycles. The zero-order valence-corrected chi connectivity index (χ0v) is 7.51. The summed E-state index contributed by atoms with van der Waals surface area (Å²) < 4.78 is 5.35. The Balaban J connectivity index is 3.32. The van der Waals surface area contributed by atoms with Crippen LogP contribution in [0.1, 0.15) is 22.6 Å². The number of furan rings is 1. The molecule has 12 heavy (non-hydrogen) atoms. The second-order valence-corrected chi connectivity index (χ2v) is 2.73. The molecule has 0 aliphatic heterocycles. The molecule has 0 aliphatic rings. The fraction of sp³-hybridized carbons (Fsp3) is 0.375. The second kappa shape index (κ2) is 2.89. The largest absolute Gasteiger partial charge is 0.466 e. The van der Waals surface area contributed by atoms with Gasteiger partial charge in [-0.05, 0) is 20.8 Å². The van der Waals surface area contributed by atoms with E-state index in [0.717, 1.165) is 22.6 Å². The molecular formula is C8H13N3O. The zero-order valence-electron chi connectivity index (χ0n) is 7.51. The highest BCUT2D eigenvalue weighted by atomic mass is 16.3. The van der Waals surface area contributed by atoms with E-state index in [-0.39, 0.29) is 0 Å². The first-order chi connectivity index (χ1) is 5.57. The Morgan fingerprint density at radius 3 is 2.17 bits per heavy atom. The zero-order chi connectivity index (χ0) is 9.30. The maximum absolute atomic E-state index is 5.57. The molecule has 66 valence electrons. The van der Waals surface area contributed by atoms with Gasteiger partial charge in [0.15, 0.2) is 5.84 Å². The molecule has 1 aromatic rings. The van der Waals surface area contributed by atoms with Gasteiger partial charge in [0.1, 0.15) is 11.5 Å². The number of aryl methyl sites for hydroxylation is 2. The lowest BCUT2D eigenvalue weighted by Gasteiger charge is -1.96. The summed E-state index contributed by atoms with van der Waals surface area (Å²) in [5.74, 6) is 7.01. The van der Waals surface area contributed by atoms with Crippen LogP contribution in [-0.4, -0.2) is 5.84 Å². The van der Waals surface area contributed by atoms with E-state index >= 15 is 0 Å². The first-order valence-electron chi connectivity index (χ1n) is 3.68. The van der Waals surface area contributed by atoms with Crippen LogP contribution in [-0.2, 0) is 0 Å². The van der Waals surface area contributed by atoms with Crippen LogP contribution in [0.2, 0.25) is 0 Å². The Labute approximate surface area is 71.2 Å². The summed E-state index contributed by atoms with van der Waals surface area (Å²) in [5.41, 5.74) is 7.39. The van der Waals surface area contributed by atoms with Gasteiger partial charge in [0.2, 0.25) is 0 Å². The lowest BCUT2D eigenvalue weighted by Crippen LogP contribution is -2.16. The Morgan fingerprint density at radius 2 is 1.83 bits per heavy atom. The van der Waals surface area contributed by atoms with Crippen molar-refractivity contribution in [2.24, 2.45) is 16.7 Å². The molecule has 0 fully saturated rings. The van der Waals surface area contributed by atoms with Gasteiger partial charge in [-0.1, -0.05) is 0 Å². The predicted molar refractivity (Wildman–Crippen MR) is 47.8 cm³/mol. The van der Waals surface area contributed by atoms with Gasteiger partial charge >= 0.3 is 0 Å². The number of hydrogen-bond acceptors (Lipinski definition) is 3. The number of rotatable bonds is 1. The number of hydrogen-bond donors (Lipinski definition) is 2. The van der Waals surface area contributed by atoms with Crippen LogP contribution in [0.4, 0.5) is 0 Å². The molecule has 0 spiro atoms. The van der Waals surface area contributed by atoms with E-state index in [4.69, 9.17) is 16.0 Å². The molecular weight excluding hydrogens is 154 g/mol. The van der Waals surface area contributed by atoms with Gasteiger partial charge in [0, 0.05) is 5.56 Å². The third-order valence-corrected chi connectivity index (χ3v) is 1.96. The highest BCUT2D eigenvalue weighted by molar-refractivity contribution is 5.99. The summed E-state index contributed by atoms with van der Waals surface area (Å²) in [7, 11) is 0. The SMILES string of the molecule is Cc1oc(C)c(C(N)=NN)c1C. The Hall–Kier alpha value is -1.45. The highest BCUT2D eigenvalue weighted by Gasteiger charge is 2.13. The standard InChI is InChI=1S/C8H13N3O/c1-4-5(2)12-6(3)7(4)8(9)11-10/h10H2,1-3H3,(H2,9,11). The lowest BCUT2D eigenvalue weighted by atomic mass is 10.1. The normalized spacial score (nSPS) is 12.1. The molecule has 0 aliphatic carbocycles. The van der Waals surface area contributed by atoms with E-state index in [1.807, 2.05) is 20.8 Å². The molecule has 1 heterocycles. The molecule has 0 saturated carbocycles. The van der Waals surface area contributed by atoms with Crippen molar-refractivity contribution in [3.8, 4) is 0 Å². The van der Waals surface area contributed by atoms with Crippen LogP contribution < -0.4 is 11.6 Å². The van der Waals surface area contributed by atoms with Gasteiger partial charge in [0.25, 0.3) is 0 Å². The molecule has 1 rings (SSSR count). The smallest absolute Gasteiger partial charge is 0.154 e. The Kier molecular flexibility index (Phi) is 2.08. The molecule has 0 unspecified atom stereocenters. The summed E-state index contributed by atoms with van der Waals surface area (Å²) in [4.78, 5) is 0. The maximum atomic E-state index is 5.57. The molecule has 0 radical (unpaired) electrons. The third-order valence-electron chi connectivity index (χ3n) is 1.96. The van der Waals surface area contributed by atoms with Gasteiger partial charge < -0.3 is 16.0 Å². The van der Waals surface area contributed by atoms with Crippen molar-refractivity contribution >= 4 is 5.84 Å². The average Bonchev–Trinajstić information content (AvgIpc) is 2.26. The first-order valence-corrected chi connectivity index (χ1v) is 3.68. The fourth-order valence-electron chi connectivity index (χ4n) is 1.23. The maximum Gasteiger partial charge on any atom is 0.154 e. The van der Waals surface area contributed by atoms with E-state index in [9.17, 15) is 0 Å². The molecule has 4 N–H and O–H groups in total. The Morgan fingerprint density at radius 1 is 1.25 bits per heavy atom. The summed E-state index contributed by atoms with van der Waals surface area (Å²) in [6, 6.07) is 0. The molecule has 0 bridgehead atoms. The minimum absolute atomic E-state index is 0.321. The van der Waals surface area contributed by atoms with Crippen molar-refractivity contribution in [1.82, 2.24) is 0 Å². The van der Waals surface area contributed by atoms with Gasteiger partial charge in [0.05, 0.1) is 5.56 Å². The van der Waals surface area contributed by atoms with E-state index in [1.54, 1.807) is 0 Å². The number of amidine groups is 1. The van der Waals surface area contributed by atoms with E-state index in [1.165, 1.54) is 0 Å². The van der Waals surface area contributed by atoms with Crippen LogP contribution in [0.5, 0.6) is 0 Å². The summed E-state index contributed by atoms with van der Waals surface area (Å²) in [6.45, 7) is 5.65. The van der Waals surface area contributed by atoms with Crippen LogP contribution in [0.3, 0.4) is 0 Å². The van der Waals surface area contributed by atoms with E-state index < -0.39 is 0 Å². The van der Waals surface area contributed by atoms with Crippen molar-refractivity contribution in [3.63, 3.8) is 0 Å². The van der Waals surface area contributed by atoms with Crippen LogP contribution in [0.25, 0.3) is 0 Å². The molecule has 4 heteroatoms. The molecule has 4 nitrogen and oxygen atoms in total. The van der Waals surface area contributed by atoms with E-state index in [0.29, 0.717) is 5.84 Å². The topological polar surface area (TPSA) is 77.5 Å². The van der Waals surface area contributed by atoms with Crippen LogP contribution in [0.15, 0.2) is 9.52 Å². The molecule has 0 atom stereocenters. The monoisotopic (exact) mass is 167 g/mol. The van der Waals surface area contributed by atoms with Gasteiger partial charge in [-0.3, -0.25) is 0 Å². The fourth-order valence-corrected chi connectivity index (χ4v) is 1.23. The second-order valence-electron chi connectivity index (χ2n) is 2.73. The Bertz CT molecular complexity index is 325. The van der Waals surface area contributed by atoms with Crippen molar-refractivity contribution in [2.45, 2.75) is 20.8 Å². The van der Waals surface area contributed by atoms with E-state index in [2.05, 4.69) is 5.10 Å². The average molecular weight is 167 g/mol. The van der Waals surface area contributed by atoms with Crippen molar-refractivity contribution in [2.75, 3.05) is 0 Å². The summed E-state index contributed by atoms with van der Waals surface area (Å²) in [6.07, 6.45) is 0. The highest BCUT2D eigenvalue weighted by Crippen LogP contribution is 2.19. The quantitative estimate of drug-likeness (QED) is 0.281. The lowest BCUT2D eigenvalue weighted by molar-refractivity contribution is 0.502. The minimum atomic E-state index is 0.321. The first kappa shape index (κ1) is 8.64. The number of hydrazone groups is 1. The van der Waals surface area contributed by atoms with Gasteiger partial charge in [-0.25, -0.2) is 0 Å². The third kappa shape index (κ3) is 1.15. The van der Waals surface area contributed by atoms with Gasteiger partial charge in [-0.2, -0.15) is 5.10 Å². The molecule has 0 amide bonds. The van der Waals surface area contributed by atoms with Crippen LogP contribution >= 0.6 is 0 Å². The van der Waals surface area contributed by atoms with Crippen molar-refractivity contribution in [1.29, 1.82) is 0 Å². The minimum Gasteiger partial charge on any atom is -0.466 e. The van der Waals surface area contributed by atoms with Gasteiger partial charge in [-0.15, -0.1) is 0 Å². The van der Waals surface area contributed by atoms with Crippen molar-refractivity contribution in [3.05, 3.63) is 22.6 Å². The molecule has 1 aromatic heterocycles. The van der Waals surface area contributed by atoms with Crippen LogP contribution in [0, 0.1) is 20.8 Å².